The van der Waals surface area contributed by atoms with E-state index in [-0.39, 0.29) is 0 Å². The van der Waals surface area contributed by atoms with Crippen molar-refractivity contribution in [2.45, 2.75) is 13.8 Å². The first-order valence-corrected chi connectivity index (χ1v) is 8.23. The molecule has 0 saturated carbocycles. The van der Waals surface area contributed by atoms with Crippen molar-refractivity contribution in [3.05, 3.63) is 83.7 Å². The second-order valence-electron chi connectivity index (χ2n) is 6.37. The molecule has 2 aromatic carbocycles. The third-order valence-corrected chi connectivity index (χ3v) is 4.72. The lowest BCUT2D eigenvalue weighted by Crippen LogP contribution is -2.03. The van der Waals surface area contributed by atoms with E-state index in [9.17, 15) is 0 Å². The predicted molar refractivity (Wildman–Crippen MR) is 104 cm³/mol. The summed E-state index contributed by atoms with van der Waals surface area (Å²) in [6.07, 6.45) is 1.78. The SMILES string of the molecule is C=C(c1cc2ccccc2[nH]1)c1cnn(-c2ccc(C)c(C)c2)c1N. The molecule has 0 fully saturated rings. The summed E-state index contributed by atoms with van der Waals surface area (Å²) in [7, 11) is 0. The molecule has 0 aliphatic carbocycles. The molecule has 4 aromatic rings. The summed E-state index contributed by atoms with van der Waals surface area (Å²) >= 11 is 0. The molecule has 2 aromatic heterocycles. The molecule has 25 heavy (non-hydrogen) atoms. The Morgan fingerprint density at radius 1 is 1.08 bits per heavy atom. The van der Waals surface area contributed by atoms with E-state index in [0.717, 1.165) is 33.4 Å². The normalized spacial score (nSPS) is 11.1. The quantitative estimate of drug-likeness (QED) is 0.577. The van der Waals surface area contributed by atoms with E-state index < -0.39 is 0 Å². The minimum Gasteiger partial charge on any atom is -0.383 e. The fourth-order valence-corrected chi connectivity index (χ4v) is 3.03. The molecule has 124 valence electrons. The van der Waals surface area contributed by atoms with Crippen molar-refractivity contribution in [3.8, 4) is 5.69 Å². The van der Waals surface area contributed by atoms with Gasteiger partial charge < -0.3 is 10.7 Å². The Morgan fingerprint density at radius 3 is 2.64 bits per heavy atom. The maximum Gasteiger partial charge on any atom is 0.135 e. The monoisotopic (exact) mass is 328 g/mol. The number of benzene rings is 2. The molecule has 4 nitrogen and oxygen atoms in total. The van der Waals surface area contributed by atoms with Crippen molar-refractivity contribution < 1.29 is 0 Å². The van der Waals surface area contributed by atoms with Gasteiger partial charge >= 0.3 is 0 Å². The summed E-state index contributed by atoms with van der Waals surface area (Å²) < 4.78 is 1.76. The maximum atomic E-state index is 6.38. The van der Waals surface area contributed by atoms with Gasteiger partial charge in [0.1, 0.15) is 5.82 Å². The Hall–Kier alpha value is -3.27. The highest BCUT2D eigenvalue weighted by Gasteiger charge is 2.15. The van der Waals surface area contributed by atoms with Gasteiger partial charge in [0, 0.05) is 27.7 Å². The van der Waals surface area contributed by atoms with Crippen LogP contribution in [-0.4, -0.2) is 14.8 Å². The van der Waals surface area contributed by atoms with Crippen molar-refractivity contribution in [1.82, 2.24) is 14.8 Å². The van der Waals surface area contributed by atoms with E-state index >= 15 is 0 Å². The van der Waals surface area contributed by atoms with Gasteiger partial charge in [-0.05, 0) is 49.2 Å². The lowest BCUT2D eigenvalue weighted by molar-refractivity contribution is 0.889. The molecular formula is C21H20N4. The lowest BCUT2D eigenvalue weighted by atomic mass is 10.1. The zero-order valence-electron chi connectivity index (χ0n) is 14.4. The first-order chi connectivity index (χ1) is 12.0. The molecule has 0 spiro atoms. The molecule has 0 amide bonds. The highest BCUT2D eigenvalue weighted by Crippen LogP contribution is 2.29. The van der Waals surface area contributed by atoms with Crippen LogP contribution in [0.4, 0.5) is 5.82 Å². The molecule has 2 heterocycles. The van der Waals surface area contributed by atoms with Crippen LogP contribution in [0.3, 0.4) is 0 Å². The van der Waals surface area contributed by atoms with Gasteiger partial charge in [-0.1, -0.05) is 30.8 Å². The number of fused-ring (bicyclic) bond motifs is 1. The molecule has 0 atom stereocenters. The fraction of sp³-hybridized carbons (Fsp3) is 0.0952. The number of aryl methyl sites for hydroxylation is 2. The van der Waals surface area contributed by atoms with Gasteiger partial charge in [0.2, 0.25) is 0 Å². The van der Waals surface area contributed by atoms with Gasteiger partial charge in [-0.15, -0.1) is 0 Å². The summed E-state index contributed by atoms with van der Waals surface area (Å²) in [5, 5.41) is 5.63. The minimum absolute atomic E-state index is 0.590. The Labute approximate surface area is 146 Å². The van der Waals surface area contributed by atoms with Crippen LogP contribution in [0.15, 0.2) is 61.3 Å². The lowest BCUT2D eigenvalue weighted by Gasteiger charge is -2.08. The third-order valence-electron chi connectivity index (χ3n) is 4.72. The van der Waals surface area contributed by atoms with Crippen LogP contribution in [0.25, 0.3) is 22.2 Å². The molecule has 0 unspecified atom stereocenters. The predicted octanol–water partition coefficient (Wildman–Crippen LogP) is 4.61. The number of nitrogens with zero attached hydrogens (tertiary/aromatic N) is 2. The van der Waals surface area contributed by atoms with Gasteiger partial charge in [-0.2, -0.15) is 5.10 Å². The Morgan fingerprint density at radius 2 is 1.88 bits per heavy atom. The molecule has 0 bridgehead atoms. The average Bonchev–Trinajstić information content (AvgIpc) is 3.20. The number of H-pyrrole nitrogens is 1. The number of aromatic amines is 1. The van der Waals surface area contributed by atoms with E-state index in [1.165, 1.54) is 11.1 Å². The zero-order valence-corrected chi connectivity index (χ0v) is 14.4. The second kappa shape index (κ2) is 5.67. The van der Waals surface area contributed by atoms with E-state index in [1.807, 2.05) is 24.3 Å². The van der Waals surface area contributed by atoms with Crippen molar-refractivity contribution >= 4 is 22.3 Å². The van der Waals surface area contributed by atoms with Crippen molar-refractivity contribution in [2.75, 3.05) is 5.73 Å². The molecule has 4 heteroatoms. The van der Waals surface area contributed by atoms with Gasteiger partial charge in [0.25, 0.3) is 0 Å². The summed E-state index contributed by atoms with van der Waals surface area (Å²) in [4.78, 5) is 3.39. The fourth-order valence-electron chi connectivity index (χ4n) is 3.03. The smallest absolute Gasteiger partial charge is 0.135 e. The molecular weight excluding hydrogens is 308 g/mol. The Balaban J connectivity index is 1.75. The van der Waals surface area contributed by atoms with Crippen LogP contribution in [0.1, 0.15) is 22.4 Å². The van der Waals surface area contributed by atoms with Crippen LogP contribution in [0, 0.1) is 13.8 Å². The van der Waals surface area contributed by atoms with E-state index in [4.69, 9.17) is 5.73 Å². The number of hydrogen-bond acceptors (Lipinski definition) is 2. The maximum absolute atomic E-state index is 6.38. The van der Waals surface area contributed by atoms with Crippen molar-refractivity contribution in [2.24, 2.45) is 0 Å². The first-order valence-electron chi connectivity index (χ1n) is 8.23. The Kier molecular flexibility index (Phi) is 3.46. The highest BCUT2D eigenvalue weighted by atomic mass is 15.3. The summed E-state index contributed by atoms with van der Waals surface area (Å²) in [5.74, 6) is 0.590. The number of aromatic nitrogens is 3. The van der Waals surface area contributed by atoms with E-state index in [0.29, 0.717) is 5.82 Å². The molecule has 0 radical (unpaired) electrons. The zero-order chi connectivity index (χ0) is 17.6. The van der Waals surface area contributed by atoms with Gasteiger partial charge in [0.05, 0.1) is 11.9 Å². The van der Waals surface area contributed by atoms with Crippen LogP contribution in [0.5, 0.6) is 0 Å². The average molecular weight is 328 g/mol. The number of nitrogens with one attached hydrogen (secondary N) is 1. The van der Waals surface area contributed by atoms with Crippen molar-refractivity contribution in [1.29, 1.82) is 0 Å². The number of para-hydroxylation sites is 1. The topological polar surface area (TPSA) is 59.6 Å². The number of anilines is 1. The van der Waals surface area contributed by atoms with E-state index in [2.05, 4.69) is 54.8 Å². The molecule has 4 rings (SSSR count). The molecule has 3 N–H and O–H groups in total. The third kappa shape index (κ3) is 2.52. The number of hydrogen-bond donors (Lipinski definition) is 2. The number of rotatable bonds is 3. The summed E-state index contributed by atoms with van der Waals surface area (Å²) in [6.45, 7) is 8.40. The van der Waals surface area contributed by atoms with Crippen LogP contribution in [0.2, 0.25) is 0 Å². The Bertz CT molecular complexity index is 1070. The molecule has 0 aliphatic heterocycles. The van der Waals surface area contributed by atoms with Gasteiger partial charge in [0.15, 0.2) is 0 Å². The summed E-state index contributed by atoms with van der Waals surface area (Å²) in [5.41, 5.74) is 13.5. The van der Waals surface area contributed by atoms with Crippen LogP contribution < -0.4 is 5.73 Å². The number of nitrogens with two attached hydrogens (primary N) is 1. The summed E-state index contributed by atoms with van der Waals surface area (Å²) in [6, 6.07) is 16.4. The van der Waals surface area contributed by atoms with Crippen LogP contribution in [-0.2, 0) is 0 Å². The molecule has 0 aliphatic rings. The standard InChI is InChI=1S/C21H20N4/c1-13-8-9-17(10-14(13)2)25-21(22)18(12-23-25)15(3)20-11-16-6-4-5-7-19(16)24-20/h4-12,24H,3,22H2,1-2H3. The minimum atomic E-state index is 0.590. The molecule has 0 saturated heterocycles. The van der Waals surface area contributed by atoms with Gasteiger partial charge in [-0.3, -0.25) is 0 Å². The van der Waals surface area contributed by atoms with Gasteiger partial charge in [-0.25, -0.2) is 4.68 Å². The van der Waals surface area contributed by atoms with Crippen LogP contribution >= 0.6 is 0 Å². The first kappa shape index (κ1) is 15.3. The number of nitrogen functional groups attached to an aromatic ring is 1. The second-order valence-corrected chi connectivity index (χ2v) is 6.37. The van der Waals surface area contributed by atoms with Crippen molar-refractivity contribution in [3.63, 3.8) is 0 Å². The largest absolute Gasteiger partial charge is 0.383 e. The highest BCUT2D eigenvalue weighted by molar-refractivity contribution is 5.89. The van der Waals surface area contributed by atoms with E-state index in [1.54, 1.807) is 10.9 Å².